The molecule has 0 spiro atoms. The van der Waals surface area contributed by atoms with Crippen LogP contribution in [-0.4, -0.2) is 45.4 Å². The number of amides is 1. The first kappa shape index (κ1) is 22.6. The number of carbonyl (C=O) groups is 1. The van der Waals surface area contributed by atoms with E-state index in [-0.39, 0.29) is 11.1 Å². The number of fused-ring (bicyclic) bond motifs is 1. The molecule has 0 bridgehead atoms. The highest BCUT2D eigenvalue weighted by atomic mass is 35.5. The van der Waals surface area contributed by atoms with Crippen molar-refractivity contribution in [3.8, 4) is 11.6 Å². The minimum Gasteiger partial charge on any atom is -0.438 e. The van der Waals surface area contributed by atoms with Gasteiger partial charge in [-0.25, -0.2) is 9.97 Å². The van der Waals surface area contributed by atoms with Gasteiger partial charge in [-0.05, 0) is 55.5 Å². The molecule has 3 aromatic rings. The average Bonchev–Trinajstić information content (AvgIpc) is 2.84. The van der Waals surface area contributed by atoms with E-state index < -0.39 is 0 Å². The monoisotopic (exact) mass is 477 g/mol. The highest BCUT2D eigenvalue weighted by Crippen LogP contribution is 2.33. The van der Waals surface area contributed by atoms with Crippen LogP contribution in [0.4, 0.5) is 5.95 Å². The first-order chi connectivity index (χ1) is 16.5. The molecule has 0 N–H and O–H groups in total. The molecule has 34 heavy (non-hydrogen) atoms. The zero-order chi connectivity index (χ0) is 23.7. The molecular weight excluding hydrogens is 450 g/mol. The summed E-state index contributed by atoms with van der Waals surface area (Å²) in [6, 6.07) is 11.3. The van der Waals surface area contributed by atoms with Gasteiger partial charge in [0.1, 0.15) is 10.9 Å². The Morgan fingerprint density at radius 3 is 2.71 bits per heavy atom. The summed E-state index contributed by atoms with van der Waals surface area (Å²) in [4.78, 5) is 31.0. The van der Waals surface area contributed by atoms with Crippen LogP contribution in [0.25, 0.3) is 0 Å². The van der Waals surface area contributed by atoms with Gasteiger partial charge >= 0.3 is 0 Å². The highest BCUT2D eigenvalue weighted by Gasteiger charge is 2.30. The van der Waals surface area contributed by atoms with Gasteiger partial charge in [0.05, 0.1) is 23.4 Å². The molecule has 0 saturated carbocycles. The van der Waals surface area contributed by atoms with Crippen molar-refractivity contribution in [3.05, 3.63) is 70.1 Å². The van der Waals surface area contributed by atoms with Crippen molar-refractivity contribution < 1.29 is 9.53 Å². The lowest BCUT2D eigenvalue weighted by Crippen LogP contribution is -2.38. The van der Waals surface area contributed by atoms with Gasteiger partial charge in [-0.1, -0.05) is 30.7 Å². The number of hydrogen-bond donors (Lipinski definition) is 0. The first-order valence-corrected chi connectivity index (χ1v) is 12.1. The minimum absolute atomic E-state index is 0.153. The van der Waals surface area contributed by atoms with Gasteiger partial charge in [0, 0.05) is 32.3 Å². The fraction of sp³-hybridized carbons (Fsp3) is 0.385. The molecule has 1 saturated heterocycles. The van der Waals surface area contributed by atoms with Gasteiger partial charge in [0.2, 0.25) is 11.8 Å². The average molecular weight is 478 g/mol. The highest BCUT2D eigenvalue weighted by molar-refractivity contribution is 6.32. The number of ether oxygens (including phenoxy) is 1. The van der Waals surface area contributed by atoms with Crippen LogP contribution < -0.4 is 9.64 Å². The van der Waals surface area contributed by atoms with E-state index in [1.165, 1.54) is 0 Å². The Kier molecular flexibility index (Phi) is 6.37. The Hall–Kier alpha value is -3.19. The van der Waals surface area contributed by atoms with E-state index in [4.69, 9.17) is 26.3 Å². The Balaban J connectivity index is 1.49. The summed E-state index contributed by atoms with van der Waals surface area (Å²) in [5, 5.41) is 0.209. The van der Waals surface area contributed by atoms with Crippen LogP contribution in [0.5, 0.6) is 11.6 Å². The number of benzene rings is 1. The molecule has 5 rings (SSSR count). The second kappa shape index (κ2) is 9.58. The molecule has 2 aliphatic heterocycles. The quantitative estimate of drug-likeness (QED) is 0.489. The van der Waals surface area contributed by atoms with E-state index in [1.54, 1.807) is 23.2 Å². The van der Waals surface area contributed by atoms with Gasteiger partial charge in [-0.3, -0.25) is 4.79 Å². The molecule has 176 valence electrons. The summed E-state index contributed by atoms with van der Waals surface area (Å²) in [5.74, 6) is 2.51. The fourth-order valence-corrected chi connectivity index (χ4v) is 4.69. The van der Waals surface area contributed by atoms with Crippen LogP contribution in [0.15, 0.2) is 42.6 Å². The maximum Gasteiger partial charge on any atom is 0.257 e. The topological polar surface area (TPSA) is 71.5 Å². The third-order valence-electron chi connectivity index (χ3n) is 6.56. The predicted octanol–water partition coefficient (Wildman–Crippen LogP) is 5.06. The maximum absolute atomic E-state index is 13.2. The zero-order valence-corrected chi connectivity index (χ0v) is 20.3. The smallest absolute Gasteiger partial charge is 0.257 e. The summed E-state index contributed by atoms with van der Waals surface area (Å²) in [6.45, 7) is 7.10. The molecule has 0 aliphatic carbocycles. The third-order valence-corrected chi connectivity index (χ3v) is 6.86. The largest absolute Gasteiger partial charge is 0.438 e. The van der Waals surface area contributed by atoms with Crippen molar-refractivity contribution in [3.63, 3.8) is 0 Å². The molecule has 8 heteroatoms. The maximum atomic E-state index is 13.2. The van der Waals surface area contributed by atoms with Crippen molar-refractivity contribution in [2.24, 2.45) is 5.92 Å². The van der Waals surface area contributed by atoms with Crippen molar-refractivity contribution in [2.75, 3.05) is 24.5 Å². The van der Waals surface area contributed by atoms with E-state index >= 15 is 0 Å². The standard InChI is InChI=1S/C26H28ClN5O2/c1-17-8-12-31(13-9-17)26-29-22-10-14-32(25(33)20-7-4-11-28-23(20)27)16-21(22)24(30-26)34-19-6-3-5-18(2)15-19/h3-7,11,15,17H,8-10,12-14,16H2,1-2H3. The number of aromatic nitrogens is 3. The minimum atomic E-state index is -0.153. The molecule has 0 unspecified atom stereocenters. The second-order valence-electron chi connectivity index (χ2n) is 9.16. The van der Waals surface area contributed by atoms with Crippen LogP contribution in [0.1, 0.15) is 46.9 Å². The Morgan fingerprint density at radius 2 is 1.94 bits per heavy atom. The van der Waals surface area contributed by atoms with E-state index in [9.17, 15) is 4.79 Å². The number of hydrogen-bond acceptors (Lipinski definition) is 6. The lowest BCUT2D eigenvalue weighted by molar-refractivity contribution is 0.0731. The SMILES string of the molecule is Cc1cccc(Oc2nc(N3CCC(C)CC3)nc3c2CN(C(=O)c2cccnc2Cl)CC3)c1. The Morgan fingerprint density at radius 1 is 1.12 bits per heavy atom. The number of aryl methyl sites for hydroxylation is 1. The molecular formula is C26H28ClN5O2. The predicted molar refractivity (Wildman–Crippen MR) is 132 cm³/mol. The van der Waals surface area contributed by atoms with Gasteiger partial charge < -0.3 is 14.5 Å². The van der Waals surface area contributed by atoms with Gasteiger partial charge in [-0.15, -0.1) is 0 Å². The zero-order valence-electron chi connectivity index (χ0n) is 19.5. The third kappa shape index (κ3) is 4.71. The second-order valence-corrected chi connectivity index (χ2v) is 9.52. The van der Waals surface area contributed by atoms with E-state index in [0.29, 0.717) is 36.9 Å². The van der Waals surface area contributed by atoms with Crippen LogP contribution in [0, 0.1) is 12.8 Å². The van der Waals surface area contributed by atoms with Crippen LogP contribution in [-0.2, 0) is 13.0 Å². The van der Waals surface area contributed by atoms with E-state index in [0.717, 1.165) is 54.4 Å². The van der Waals surface area contributed by atoms with Crippen molar-refractivity contribution in [1.82, 2.24) is 19.9 Å². The van der Waals surface area contributed by atoms with Crippen molar-refractivity contribution >= 4 is 23.5 Å². The molecule has 4 heterocycles. The summed E-state index contributed by atoms with van der Waals surface area (Å²) in [5.41, 5.74) is 3.28. The van der Waals surface area contributed by atoms with Crippen LogP contribution >= 0.6 is 11.6 Å². The lowest BCUT2D eigenvalue weighted by atomic mass is 9.99. The Labute approximate surface area is 204 Å². The van der Waals surface area contributed by atoms with Crippen molar-refractivity contribution in [1.29, 1.82) is 0 Å². The first-order valence-electron chi connectivity index (χ1n) is 11.8. The summed E-state index contributed by atoms with van der Waals surface area (Å²) >= 11 is 6.20. The summed E-state index contributed by atoms with van der Waals surface area (Å²) in [6.07, 6.45) is 4.46. The van der Waals surface area contributed by atoms with Gasteiger partial charge in [0.15, 0.2) is 0 Å². The van der Waals surface area contributed by atoms with Crippen molar-refractivity contribution in [2.45, 2.75) is 39.7 Å². The number of anilines is 1. The number of carbonyl (C=O) groups excluding carboxylic acids is 1. The molecule has 1 fully saturated rings. The number of nitrogens with zero attached hydrogens (tertiary/aromatic N) is 5. The lowest BCUT2D eigenvalue weighted by Gasteiger charge is -2.33. The summed E-state index contributed by atoms with van der Waals surface area (Å²) in [7, 11) is 0. The van der Waals surface area contributed by atoms with Gasteiger partial charge in [-0.2, -0.15) is 4.98 Å². The number of piperidine rings is 1. The molecule has 2 aliphatic rings. The molecule has 1 aromatic carbocycles. The molecule has 0 atom stereocenters. The van der Waals surface area contributed by atoms with Crippen LogP contribution in [0.3, 0.4) is 0 Å². The van der Waals surface area contributed by atoms with E-state index in [1.807, 2.05) is 31.2 Å². The van der Waals surface area contributed by atoms with E-state index in [2.05, 4.69) is 16.8 Å². The summed E-state index contributed by atoms with van der Waals surface area (Å²) < 4.78 is 6.31. The molecule has 2 aromatic heterocycles. The number of rotatable bonds is 4. The molecule has 1 amide bonds. The normalized spacial score (nSPS) is 16.3. The molecule has 7 nitrogen and oxygen atoms in total. The number of pyridine rings is 1. The fourth-order valence-electron chi connectivity index (χ4n) is 4.49. The van der Waals surface area contributed by atoms with Gasteiger partial charge in [0.25, 0.3) is 5.91 Å². The molecule has 0 radical (unpaired) electrons. The Bertz CT molecular complexity index is 1210. The number of halogens is 1. The van der Waals surface area contributed by atoms with Crippen LogP contribution in [0.2, 0.25) is 5.15 Å².